The molecule has 4 bridgehead atoms. The van der Waals surface area contributed by atoms with E-state index in [1.54, 1.807) is 12.1 Å². The van der Waals surface area contributed by atoms with Gasteiger partial charge in [-0.2, -0.15) is 0 Å². The van der Waals surface area contributed by atoms with Gasteiger partial charge in [-0.05, 0) is 87.3 Å². The van der Waals surface area contributed by atoms with Crippen LogP contribution in [0.3, 0.4) is 0 Å². The number of rotatable bonds is 3. The lowest BCUT2D eigenvalue weighted by molar-refractivity contribution is -0.167. The fourth-order valence-corrected chi connectivity index (χ4v) is 8.28. The Kier molecular flexibility index (Phi) is 5.10. The first kappa shape index (κ1) is 22.1. The fourth-order valence-electron chi connectivity index (χ4n) is 8.28. The molecule has 184 valence electrons. The van der Waals surface area contributed by atoms with Crippen molar-refractivity contribution < 1.29 is 23.8 Å². The van der Waals surface area contributed by atoms with Crippen molar-refractivity contribution >= 4 is 23.4 Å². The number of ether oxygens (including phenoxy) is 1. The number of methoxy groups -OCH3 is 1. The lowest BCUT2D eigenvalue weighted by Gasteiger charge is -2.61. The molecule has 7 rings (SSSR count). The van der Waals surface area contributed by atoms with E-state index in [-0.39, 0.29) is 17.6 Å². The van der Waals surface area contributed by atoms with Crippen molar-refractivity contribution in [2.75, 3.05) is 37.0 Å². The van der Waals surface area contributed by atoms with Crippen LogP contribution in [0.4, 0.5) is 20.6 Å². The largest absolute Gasteiger partial charge is 0.453 e. The quantitative estimate of drug-likeness (QED) is 0.702. The fraction of sp³-hybridized carbons (Fsp3) is 0.692. The molecule has 0 aromatic heterocycles. The number of halogens is 1. The van der Waals surface area contributed by atoms with Crippen LogP contribution in [-0.2, 0) is 9.53 Å². The molecule has 1 spiro atoms. The van der Waals surface area contributed by atoms with Crippen molar-refractivity contribution in [2.45, 2.75) is 63.0 Å². The van der Waals surface area contributed by atoms with E-state index in [9.17, 15) is 14.7 Å². The Balaban J connectivity index is 1.21. The Morgan fingerprint density at radius 3 is 2.65 bits per heavy atom. The van der Waals surface area contributed by atoms with Gasteiger partial charge in [0, 0.05) is 30.9 Å². The number of hydrogen-bond donors (Lipinski definition) is 2. The van der Waals surface area contributed by atoms with Gasteiger partial charge >= 0.3 is 6.09 Å². The maximum Gasteiger partial charge on any atom is 0.411 e. The maximum atomic E-state index is 15.0. The summed E-state index contributed by atoms with van der Waals surface area (Å²) in [6.07, 6.45) is 6.86. The molecule has 3 unspecified atom stereocenters. The molecular weight excluding hydrogens is 437 g/mol. The van der Waals surface area contributed by atoms with Crippen LogP contribution in [-0.4, -0.2) is 60.4 Å². The van der Waals surface area contributed by atoms with E-state index in [0.717, 1.165) is 57.9 Å². The number of likely N-dealkylation sites (tertiary alicyclic amines) is 1. The SMILES string of the molecule is COC(=O)Nc1ccc(N2CCCC3(CCN(C45CC6CC(C4)C(O)C(C6)C5)C3=O)C2)c(F)c1. The minimum atomic E-state index is -0.641. The Hall–Kier alpha value is -2.35. The number of amides is 2. The van der Waals surface area contributed by atoms with E-state index in [0.29, 0.717) is 42.2 Å². The highest BCUT2D eigenvalue weighted by Gasteiger charge is 2.62. The van der Waals surface area contributed by atoms with E-state index in [2.05, 4.69) is 15.0 Å². The summed E-state index contributed by atoms with van der Waals surface area (Å²) in [5.41, 5.74) is 0.270. The zero-order valence-corrected chi connectivity index (χ0v) is 19.8. The molecule has 4 saturated carbocycles. The van der Waals surface area contributed by atoms with E-state index in [4.69, 9.17) is 0 Å². The van der Waals surface area contributed by atoms with Gasteiger partial charge in [0.25, 0.3) is 0 Å². The summed E-state index contributed by atoms with van der Waals surface area (Å²) in [4.78, 5) is 29.7. The maximum absolute atomic E-state index is 15.0. The van der Waals surface area contributed by atoms with Crippen LogP contribution in [0.1, 0.15) is 51.4 Å². The number of carbonyl (C=O) groups is 2. The van der Waals surface area contributed by atoms with Gasteiger partial charge < -0.3 is 19.6 Å². The Labute approximate surface area is 199 Å². The molecule has 6 aliphatic rings. The predicted octanol–water partition coefficient (Wildman–Crippen LogP) is 3.76. The molecule has 2 heterocycles. The summed E-state index contributed by atoms with van der Waals surface area (Å²) in [6.45, 7) is 2.01. The van der Waals surface area contributed by atoms with E-state index < -0.39 is 17.3 Å². The van der Waals surface area contributed by atoms with Gasteiger partial charge in [-0.25, -0.2) is 9.18 Å². The monoisotopic (exact) mass is 471 g/mol. The number of hydrogen-bond acceptors (Lipinski definition) is 5. The van der Waals surface area contributed by atoms with Gasteiger partial charge in [0.05, 0.1) is 24.3 Å². The smallest absolute Gasteiger partial charge is 0.411 e. The summed E-state index contributed by atoms with van der Waals surface area (Å²) in [5, 5.41) is 13.2. The average Bonchev–Trinajstić information content (AvgIpc) is 3.12. The molecule has 0 radical (unpaired) electrons. The minimum Gasteiger partial charge on any atom is -0.453 e. The number of nitrogens with zero attached hydrogens (tertiary/aromatic N) is 2. The van der Waals surface area contributed by atoms with Crippen molar-refractivity contribution in [3.05, 3.63) is 24.0 Å². The number of carbonyl (C=O) groups excluding carboxylic acids is 2. The molecule has 1 aromatic rings. The number of anilines is 2. The molecule has 6 fully saturated rings. The van der Waals surface area contributed by atoms with Gasteiger partial charge in [-0.15, -0.1) is 0 Å². The highest BCUT2D eigenvalue weighted by atomic mass is 19.1. The Morgan fingerprint density at radius 1 is 1.18 bits per heavy atom. The second kappa shape index (κ2) is 7.83. The van der Waals surface area contributed by atoms with E-state index >= 15 is 4.39 Å². The first-order valence-electron chi connectivity index (χ1n) is 12.7. The number of piperidine rings is 1. The average molecular weight is 472 g/mol. The third-order valence-corrected chi connectivity index (χ3v) is 9.57. The molecule has 8 heteroatoms. The van der Waals surface area contributed by atoms with Crippen molar-refractivity contribution in [3.8, 4) is 0 Å². The molecule has 2 aliphatic heterocycles. The zero-order valence-electron chi connectivity index (χ0n) is 19.8. The molecule has 2 amide bonds. The van der Waals surface area contributed by atoms with Crippen LogP contribution in [0.2, 0.25) is 0 Å². The standard InChI is InChI=1S/C26H34FN3O4/c1-34-24(33)28-19-3-4-21(20(27)11-19)29-7-2-5-25(15-29)6-8-30(23(25)32)26-12-16-9-17(13-26)22(31)18(10-16)14-26/h3-4,11,16-18,22,31H,2,5-10,12-15H2,1H3,(H,28,33). The second-order valence-electron chi connectivity index (χ2n) is 11.5. The van der Waals surface area contributed by atoms with Crippen LogP contribution in [0.25, 0.3) is 0 Å². The van der Waals surface area contributed by atoms with Gasteiger partial charge in [-0.3, -0.25) is 10.1 Å². The first-order chi connectivity index (χ1) is 16.3. The molecular formula is C26H34FN3O4. The molecule has 7 nitrogen and oxygen atoms in total. The third-order valence-electron chi connectivity index (χ3n) is 9.57. The van der Waals surface area contributed by atoms with Crippen LogP contribution < -0.4 is 10.2 Å². The molecule has 3 atom stereocenters. The van der Waals surface area contributed by atoms with Crippen molar-refractivity contribution in [3.63, 3.8) is 0 Å². The molecule has 2 saturated heterocycles. The topological polar surface area (TPSA) is 82.1 Å². The Morgan fingerprint density at radius 2 is 1.94 bits per heavy atom. The van der Waals surface area contributed by atoms with Gasteiger partial charge in [0.1, 0.15) is 5.82 Å². The van der Waals surface area contributed by atoms with Crippen molar-refractivity contribution in [1.29, 1.82) is 0 Å². The van der Waals surface area contributed by atoms with Crippen LogP contribution in [0, 0.1) is 29.0 Å². The summed E-state index contributed by atoms with van der Waals surface area (Å²) in [6, 6.07) is 4.65. The summed E-state index contributed by atoms with van der Waals surface area (Å²) < 4.78 is 19.6. The number of aliphatic hydroxyl groups is 1. The number of benzene rings is 1. The number of nitrogens with one attached hydrogen (secondary N) is 1. The molecule has 1 aromatic carbocycles. The Bertz CT molecular complexity index is 1000. The summed E-state index contributed by atoms with van der Waals surface area (Å²) in [7, 11) is 1.26. The van der Waals surface area contributed by atoms with E-state index in [1.807, 2.05) is 4.90 Å². The third kappa shape index (κ3) is 3.32. The van der Waals surface area contributed by atoms with Gasteiger partial charge in [0.15, 0.2) is 0 Å². The highest BCUT2D eigenvalue weighted by Crippen LogP contribution is 2.59. The summed E-state index contributed by atoms with van der Waals surface area (Å²) >= 11 is 0. The number of aliphatic hydroxyl groups excluding tert-OH is 1. The second-order valence-corrected chi connectivity index (χ2v) is 11.5. The molecule has 4 aliphatic carbocycles. The van der Waals surface area contributed by atoms with Crippen LogP contribution in [0.15, 0.2) is 18.2 Å². The van der Waals surface area contributed by atoms with Crippen LogP contribution >= 0.6 is 0 Å². The zero-order chi connectivity index (χ0) is 23.7. The minimum absolute atomic E-state index is 0.0783. The molecule has 2 N–H and O–H groups in total. The summed E-state index contributed by atoms with van der Waals surface area (Å²) in [5.74, 6) is 1.15. The van der Waals surface area contributed by atoms with Crippen molar-refractivity contribution in [2.24, 2.45) is 23.2 Å². The molecule has 34 heavy (non-hydrogen) atoms. The predicted molar refractivity (Wildman–Crippen MR) is 125 cm³/mol. The lowest BCUT2D eigenvalue weighted by atomic mass is 9.51. The van der Waals surface area contributed by atoms with Gasteiger partial charge in [-0.1, -0.05) is 0 Å². The van der Waals surface area contributed by atoms with Crippen molar-refractivity contribution in [1.82, 2.24) is 4.90 Å². The normalized spacial score (nSPS) is 38.6. The highest BCUT2D eigenvalue weighted by molar-refractivity contribution is 5.87. The van der Waals surface area contributed by atoms with E-state index in [1.165, 1.54) is 13.2 Å². The van der Waals surface area contributed by atoms with Gasteiger partial charge in [0.2, 0.25) is 5.91 Å². The lowest BCUT2D eigenvalue weighted by Crippen LogP contribution is -2.65. The first-order valence-corrected chi connectivity index (χ1v) is 12.7. The van der Waals surface area contributed by atoms with Crippen LogP contribution in [0.5, 0.6) is 0 Å².